The minimum absolute atomic E-state index is 0.508. The van der Waals surface area contributed by atoms with E-state index in [1.165, 1.54) is 4.70 Å². The predicted octanol–water partition coefficient (Wildman–Crippen LogP) is 2.58. The third-order valence-electron chi connectivity index (χ3n) is 2.41. The van der Waals surface area contributed by atoms with Crippen molar-refractivity contribution in [2.75, 3.05) is 5.73 Å². The number of hydrogen-bond donors (Lipinski definition) is 2. The van der Waals surface area contributed by atoms with E-state index in [1.807, 2.05) is 31.2 Å². The third kappa shape index (κ3) is 1.37. The second-order valence-corrected chi connectivity index (χ2v) is 4.80. The maximum Gasteiger partial charge on any atom is 0.145 e. The number of benzene rings is 1. The molecule has 0 aliphatic heterocycles. The van der Waals surface area contributed by atoms with Crippen molar-refractivity contribution in [3.05, 3.63) is 29.3 Å². The van der Waals surface area contributed by atoms with Gasteiger partial charge in [-0.15, -0.1) is 11.3 Å². The van der Waals surface area contributed by atoms with Gasteiger partial charge in [0, 0.05) is 11.6 Å². The Morgan fingerprint density at radius 1 is 1.38 bits per heavy atom. The number of fused-ring (bicyclic) bond motifs is 1. The molecule has 0 unspecified atom stereocenters. The molecule has 0 fully saturated rings. The number of anilines is 1. The number of aromatic amines is 1. The molecule has 0 aliphatic carbocycles. The molecule has 3 aromatic rings. The first-order valence-electron chi connectivity index (χ1n) is 4.91. The highest BCUT2D eigenvalue weighted by Gasteiger charge is 2.09. The highest BCUT2D eigenvalue weighted by Crippen LogP contribution is 2.32. The maximum atomic E-state index is 5.61. The Morgan fingerprint density at radius 2 is 2.25 bits per heavy atom. The van der Waals surface area contributed by atoms with Crippen LogP contribution >= 0.6 is 11.3 Å². The average molecular weight is 230 g/mol. The Labute approximate surface area is 96.1 Å². The number of nitrogens with zero attached hydrogens (tertiary/aromatic N) is 2. The van der Waals surface area contributed by atoms with E-state index in [4.69, 9.17) is 5.73 Å². The van der Waals surface area contributed by atoms with E-state index in [9.17, 15) is 0 Å². The smallest absolute Gasteiger partial charge is 0.145 e. The Hall–Kier alpha value is -1.88. The zero-order valence-corrected chi connectivity index (χ0v) is 9.51. The van der Waals surface area contributed by atoms with Crippen molar-refractivity contribution in [1.29, 1.82) is 0 Å². The quantitative estimate of drug-likeness (QED) is 0.675. The Morgan fingerprint density at radius 3 is 3.00 bits per heavy atom. The fourth-order valence-electron chi connectivity index (χ4n) is 1.75. The Balaban J connectivity index is 2.30. The van der Waals surface area contributed by atoms with Crippen molar-refractivity contribution in [2.24, 2.45) is 0 Å². The summed E-state index contributed by atoms with van der Waals surface area (Å²) in [4.78, 5) is 4.46. The number of aryl methyl sites for hydroxylation is 1. The first-order valence-corrected chi connectivity index (χ1v) is 5.73. The van der Waals surface area contributed by atoms with E-state index in [-0.39, 0.29) is 0 Å². The number of H-pyrrole nitrogens is 1. The zero-order valence-electron chi connectivity index (χ0n) is 8.69. The molecule has 0 radical (unpaired) electrons. The van der Waals surface area contributed by atoms with Gasteiger partial charge in [-0.05, 0) is 13.0 Å². The van der Waals surface area contributed by atoms with Crippen LogP contribution in [0.3, 0.4) is 0 Å². The summed E-state index contributed by atoms with van der Waals surface area (Å²) in [6, 6.07) is 7.90. The van der Waals surface area contributed by atoms with Crippen LogP contribution in [0.5, 0.6) is 0 Å². The molecule has 0 saturated carbocycles. The summed E-state index contributed by atoms with van der Waals surface area (Å²) in [6.07, 6.45) is 0. The molecule has 4 nitrogen and oxygen atoms in total. The predicted molar refractivity (Wildman–Crippen MR) is 66.4 cm³/mol. The van der Waals surface area contributed by atoms with Crippen LogP contribution in [0.25, 0.3) is 21.5 Å². The molecule has 0 bridgehead atoms. The summed E-state index contributed by atoms with van der Waals surface area (Å²) in [5.74, 6) is 0.508. The summed E-state index contributed by atoms with van der Waals surface area (Å²) in [5.41, 5.74) is 8.67. The molecule has 0 atom stereocenters. The SMILES string of the molecule is Cc1nc2cccc(-c3cc(N)n[nH]3)c2s1. The molecule has 2 aromatic heterocycles. The fraction of sp³-hybridized carbons (Fsp3) is 0.0909. The number of nitrogens with one attached hydrogen (secondary N) is 1. The van der Waals surface area contributed by atoms with E-state index < -0.39 is 0 Å². The molecule has 0 aliphatic rings. The monoisotopic (exact) mass is 230 g/mol. The highest BCUT2D eigenvalue weighted by atomic mass is 32.1. The van der Waals surface area contributed by atoms with Gasteiger partial charge in [-0.1, -0.05) is 12.1 Å². The van der Waals surface area contributed by atoms with Crippen LogP contribution in [0.4, 0.5) is 5.82 Å². The summed E-state index contributed by atoms with van der Waals surface area (Å²) < 4.78 is 1.17. The number of hydrogen-bond acceptors (Lipinski definition) is 4. The van der Waals surface area contributed by atoms with Gasteiger partial charge in [0.2, 0.25) is 0 Å². The fourth-order valence-corrected chi connectivity index (χ4v) is 2.69. The van der Waals surface area contributed by atoms with E-state index in [1.54, 1.807) is 11.3 Å². The molecule has 0 spiro atoms. The normalized spacial score (nSPS) is 11.1. The zero-order chi connectivity index (χ0) is 11.1. The van der Waals surface area contributed by atoms with Gasteiger partial charge in [-0.3, -0.25) is 5.10 Å². The second kappa shape index (κ2) is 3.31. The molecule has 1 aromatic carbocycles. The molecule has 80 valence electrons. The van der Waals surface area contributed by atoms with Crippen LogP contribution in [-0.4, -0.2) is 15.2 Å². The van der Waals surface area contributed by atoms with Crippen molar-refractivity contribution < 1.29 is 0 Å². The van der Waals surface area contributed by atoms with Crippen LogP contribution in [0.15, 0.2) is 24.3 Å². The van der Waals surface area contributed by atoms with Crippen molar-refractivity contribution in [2.45, 2.75) is 6.92 Å². The molecular weight excluding hydrogens is 220 g/mol. The number of thiazole rings is 1. The summed E-state index contributed by atoms with van der Waals surface area (Å²) >= 11 is 1.68. The maximum absolute atomic E-state index is 5.61. The topological polar surface area (TPSA) is 67.6 Å². The molecule has 3 rings (SSSR count). The lowest BCUT2D eigenvalue weighted by molar-refractivity contribution is 1.10. The first-order chi connectivity index (χ1) is 7.74. The van der Waals surface area contributed by atoms with Crippen molar-refractivity contribution in [3.63, 3.8) is 0 Å². The average Bonchev–Trinajstić information content (AvgIpc) is 2.82. The van der Waals surface area contributed by atoms with E-state index >= 15 is 0 Å². The number of nitrogen functional groups attached to an aromatic ring is 1. The van der Waals surface area contributed by atoms with E-state index in [0.29, 0.717) is 5.82 Å². The van der Waals surface area contributed by atoms with Gasteiger partial charge in [-0.2, -0.15) is 5.10 Å². The van der Waals surface area contributed by atoms with Crippen molar-refractivity contribution in [1.82, 2.24) is 15.2 Å². The lowest BCUT2D eigenvalue weighted by Crippen LogP contribution is -1.81. The summed E-state index contributed by atoms with van der Waals surface area (Å²) in [6.45, 7) is 2.01. The standard InChI is InChI=1S/C11H10N4S/c1-6-13-8-4-2-3-7(11(8)16-6)9-5-10(12)15-14-9/h2-5H,1H3,(H3,12,14,15). The van der Waals surface area contributed by atoms with Crippen LogP contribution in [-0.2, 0) is 0 Å². The molecule has 0 amide bonds. The van der Waals surface area contributed by atoms with Gasteiger partial charge < -0.3 is 5.73 Å². The molecule has 16 heavy (non-hydrogen) atoms. The van der Waals surface area contributed by atoms with Crippen molar-refractivity contribution in [3.8, 4) is 11.3 Å². The number of rotatable bonds is 1. The van der Waals surface area contributed by atoms with Gasteiger partial charge in [0.25, 0.3) is 0 Å². The van der Waals surface area contributed by atoms with Gasteiger partial charge in [0.05, 0.1) is 20.9 Å². The first kappa shape index (κ1) is 9.35. The van der Waals surface area contributed by atoms with E-state index in [2.05, 4.69) is 15.2 Å². The minimum Gasteiger partial charge on any atom is -0.382 e. The second-order valence-electron chi connectivity index (χ2n) is 3.59. The summed E-state index contributed by atoms with van der Waals surface area (Å²) in [7, 11) is 0. The summed E-state index contributed by atoms with van der Waals surface area (Å²) in [5, 5.41) is 7.94. The van der Waals surface area contributed by atoms with Crippen LogP contribution in [0, 0.1) is 6.92 Å². The van der Waals surface area contributed by atoms with Crippen LogP contribution < -0.4 is 5.73 Å². The number of nitrogens with two attached hydrogens (primary N) is 1. The molecule has 2 heterocycles. The molecule has 5 heteroatoms. The van der Waals surface area contributed by atoms with Crippen LogP contribution in [0.2, 0.25) is 0 Å². The Bertz CT molecular complexity index is 653. The van der Waals surface area contributed by atoms with Gasteiger partial charge >= 0.3 is 0 Å². The minimum atomic E-state index is 0.508. The lowest BCUT2D eigenvalue weighted by atomic mass is 10.1. The molecular formula is C11H10N4S. The Kier molecular flexibility index (Phi) is 1.94. The molecule has 3 N–H and O–H groups in total. The molecule has 0 saturated heterocycles. The van der Waals surface area contributed by atoms with Crippen molar-refractivity contribution >= 4 is 27.4 Å². The van der Waals surface area contributed by atoms with Crippen LogP contribution in [0.1, 0.15) is 5.01 Å². The third-order valence-corrected chi connectivity index (χ3v) is 3.43. The van der Waals surface area contributed by atoms with E-state index in [0.717, 1.165) is 21.8 Å². The van der Waals surface area contributed by atoms with Gasteiger partial charge in [0.1, 0.15) is 5.82 Å². The number of aromatic nitrogens is 3. The van der Waals surface area contributed by atoms with Gasteiger partial charge in [0.15, 0.2) is 0 Å². The largest absolute Gasteiger partial charge is 0.382 e. The van der Waals surface area contributed by atoms with Gasteiger partial charge in [-0.25, -0.2) is 4.98 Å². The lowest BCUT2D eigenvalue weighted by Gasteiger charge is -1.97. The highest BCUT2D eigenvalue weighted by molar-refractivity contribution is 7.19.